The topological polar surface area (TPSA) is 110 Å². The number of carboxylic acids is 1. The van der Waals surface area contributed by atoms with Crippen LogP contribution in [0.25, 0.3) is 0 Å². The Labute approximate surface area is 129 Å². The first-order chi connectivity index (χ1) is 9.39. The van der Waals surface area contributed by atoms with Gasteiger partial charge in [0.2, 0.25) is 0 Å². The van der Waals surface area contributed by atoms with E-state index in [1.807, 2.05) is 6.92 Å². The Hall–Kier alpha value is -0.0700. The number of carbonyl (C=O) groups is 3. The Bertz CT molecular complexity index is 351. The predicted molar refractivity (Wildman–Crippen MR) is 83.5 cm³/mol. The molecule has 118 valence electrons. The molecule has 0 heterocycles. The zero-order chi connectivity index (χ0) is 15.6. The normalized spacial score (nSPS) is 15.3. The summed E-state index contributed by atoms with van der Waals surface area (Å²) in [5.41, 5.74) is 0. The lowest BCUT2D eigenvalue weighted by Crippen LogP contribution is -2.19. The van der Waals surface area contributed by atoms with Crippen LogP contribution in [0.2, 0.25) is 0 Å². The second-order valence-corrected chi connectivity index (χ2v) is 11.7. The molecule has 0 fully saturated rings. The van der Waals surface area contributed by atoms with Crippen LogP contribution in [-0.4, -0.2) is 39.8 Å². The molecule has 0 saturated heterocycles. The van der Waals surface area contributed by atoms with Gasteiger partial charge in [0.15, 0.2) is 0 Å². The van der Waals surface area contributed by atoms with Crippen LogP contribution in [0.3, 0.4) is 0 Å². The first-order valence-electron chi connectivity index (χ1n) is 5.54. The molecule has 7 nitrogen and oxygen atoms in total. The van der Waals surface area contributed by atoms with Crippen molar-refractivity contribution in [2.45, 2.75) is 26.7 Å². The molecule has 0 bridgehead atoms. The molecule has 0 amide bonds. The van der Waals surface area contributed by atoms with Crippen molar-refractivity contribution < 1.29 is 33.0 Å². The standard InChI is InChI=1S/C9H16O7S4/c1-3-5-15-18-20(16-6-4-2,8(12)7(10)11)19-17-9(13)14/h3-6H2,1-2H3,(H,10,11)(H,13,14). The second kappa shape index (κ2) is 10.6. The third-order valence-corrected chi connectivity index (χ3v) is 11.1. The van der Waals surface area contributed by atoms with Gasteiger partial charge in [0, 0.05) is 20.6 Å². The summed E-state index contributed by atoms with van der Waals surface area (Å²) in [5.74, 6) is -1.66. The van der Waals surface area contributed by atoms with Crippen molar-refractivity contribution in [3.8, 4) is 0 Å². The first kappa shape index (κ1) is 19.9. The van der Waals surface area contributed by atoms with Crippen LogP contribution >= 0.6 is 40.1 Å². The molecule has 2 N–H and O–H groups in total. The molecule has 0 aromatic carbocycles. The summed E-state index contributed by atoms with van der Waals surface area (Å²) < 4.78 is 10.5. The number of hydrogen-bond acceptors (Lipinski definition) is 8. The molecule has 0 aliphatic rings. The summed E-state index contributed by atoms with van der Waals surface area (Å²) in [4.78, 5) is 33.4. The molecule has 0 radical (unpaired) electrons. The lowest BCUT2D eigenvalue weighted by Gasteiger charge is -2.31. The largest absolute Gasteiger partial charge is 0.475 e. The predicted octanol–water partition coefficient (Wildman–Crippen LogP) is 3.71. The van der Waals surface area contributed by atoms with E-state index in [4.69, 9.17) is 18.6 Å². The van der Waals surface area contributed by atoms with Gasteiger partial charge in [-0.15, -0.1) is 0 Å². The van der Waals surface area contributed by atoms with Gasteiger partial charge in [0.25, 0.3) is 0 Å². The van der Waals surface area contributed by atoms with Crippen LogP contribution in [0, 0.1) is 0 Å². The van der Waals surface area contributed by atoms with Crippen LogP contribution in [0.5, 0.6) is 0 Å². The van der Waals surface area contributed by atoms with Gasteiger partial charge in [-0.05, 0) is 12.8 Å². The number of rotatable bonds is 9. The van der Waals surface area contributed by atoms with Crippen molar-refractivity contribution in [1.82, 2.24) is 0 Å². The van der Waals surface area contributed by atoms with Gasteiger partial charge in [-0.2, -0.15) is 0 Å². The minimum absolute atomic E-state index is 0.143. The Morgan fingerprint density at radius 2 is 1.70 bits per heavy atom. The van der Waals surface area contributed by atoms with Crippen LogP contribution in [0.15, 0.2) is 0 Å². The Morgan fingerprint density at radius 1 is 1.10 bits per heavy atom. The molecule has 0 rings (SSSR count). The molecule has 0 aromatic heterocycles. The number of carbonyl (C=O) groups excluding carboxylic acids is 1. The van der Waals surface area contributed by atoms with Crippen LogP contribution in [0.1, 0.15) is 26.7 Å². The Balaban J connectivity index is 5.09. The smallest absolute Gasteiger partial charge is 0.385 e. The number of carboxylic acid groups (broad SMARTS) is 2. The van der Waals surface area contributed by atoms with Crippen molar-refractivity contribution in [2.24, 2.45) is 0 Å². The SMILES string of the molecule is CCCOSS(OCCC)(SSC(=O)O)C(=O)C(=O)O. The van der Waals surface area contributed by atoms with Crippen LogP contribution < -0.4 is 0 Å². The average molecular weight is 364 g/mol. The van der Waals surface area contributed by atoms with E-state index >= 15 is 0 Å². The summed E-state index contributed by atoms with van der Waals surface area (Å²) in [6.07, 6.45) is 1.24. The fraction of sp³-hybridized carbons (Fsp3) is 0.667. The first-order valence-corrected chi connectivity index (χ1v) is 11.0. The quantitative estimate of drug-likeness (QED) is 0.272. The fourth-order valence-corrected chi connectivity index (χ4v) is 8.86. The third-order valence-electron chi connectivity index (χ3n) is 1.46. The van der Waals surface area contributed by atoms with Crippen molar-refractivity contribution in [2.75, 3.05) is 13.2 Å². The van der Waals surface area contributed by atoms with Crippen molar-refractivity contribution >= 4 is 56.5 Å². The van der Waals surface area contributed by atoms with E-state index in [0.717, 1.165) is 0 Å². The molecule has 20 heavy (non-hydrogen) atoms. The zero-order valence-corrected chi connectivity index (χ0v) is 14.2. The second-order valence-electron chi connectivity index (χ2n) is 3.18. The number of aliphatic carboxylic acids is 1. The maximum absolute atomic E-state index is 11.9. The van der Waals surface area contributed by atoms with Gasteiger partial charge in [-0.25, -0.2) is 9.59 Å². The van der Waals surface area contributed by atoms with Crippen LogP contribution in [-0.2, 0) is 18.0 Å². The molecule has 1 unspecified atom stereocenters. The molecule has 11 heteroatoms. The molecule has 0 aliphatic heterocycles. The summed E-state index contributed by atoms with van der Waals surface area (Å²) in [6.45, 7) is 4.09. The molecule has 0 aliphatic carbocycles. The summed E-state index contributed by atoms with van der Waals surface area (Å²) in [5, 5.41) is 15.2. The summed E-state index contributed by atoms with van der Waals surface area (Å²) in [6, 6.07) is 0. The van der Waals surface area contributed by atoms with E-state index in [-0.39, 0.29) is 6.61 Å². The van der Waals surface area contributed by atoms with Gasteiger partial charge in [-0.3, -0.25) is 4.79 Å². The molecular formula is C9H16O7S4. The van der Waals surface area contributed by atoms with Gasteiger partial charge in [0.1, 0.15) is 0 Å². The molecule has 0 aromatic rings. The van der Waals surface area contributed by atoms with Crippen LogP contribution in [0.4, 0.5) is 4.79 Å². The van der Waals surface area contributed by atoms with Crippen molar-refractivity contribution in [3.63, 3.8) is 0 Å². The van der Waals surface area contributed by atoms with Gasteiger partial charge in [0.05, 0.1) is 32.7 Å². The average Bonchev–Trinajstić information content (AvgIpc) is 2.40. The Morgan fingerprint density at radius 3 is 2.15 bits per heavy atom. The Kier molecular flexibility index (Phi) is 10.6. The zero-order valence-electron chi connectivity index (χ0n) is 10.9. The van der Waals surface area contributed by atoms with E-state index in [1.165, 1.54) is 0 Å². The lowest BCUT2D eigenvalue weighted by atomic mass is 10.5. The van der Waals surface area contributed by atoms with E-state index in [9.17, 15) is 14.4 Å². The monoisotopic (exact) mass is 364 g/mol. The van der Waals surface area contributed by atoms with Crippen molar-refractivity contribution in [1.29, 1.82) is 0 Å². The van der Waals surface area contributed by atoms with Gasteiger partial charge in [-0.1, -0.05) is 13.8 Å². The highest BCUT2D eigenvalue weighted by molar-refractivity contribution is 9.40. The van der Waals surface area contributed by atoms with Gasteiger partial charge >= 0.3 is 16.4 Å². The summed E-state index contributed by atoms with van der Waals surface area (Å²) in [7, 11) is -2.01. The highest BCUT2D eigenvalue weighted by Crippen LogP contribution is 2.74. The summed E-state index contributed by atoms with van der Waals surface area (Å²) >= 11 is 0.621. The molecule has 1 atom stereocenters. The van der Waals surface area contributed by atoms with E-state index in [0.29, 0.717) is 51.1 Å². The van der Waals surface area contributed by atoms with E-state index in [2.05, 4.69) is 0 Å². The highest BCUT2D eigenvalue weighted by atomic mass is 33.7. The highest BCUT2D eigenvalue weighted by Gasteiger charge is 2.43. The van der Waals surface area contributed by atoms with E-state index < -0.39 is 24.8 Å². The minimum Gasteiger partial charge on any atom is -0.475 e. The minimum atomic E-state index is -2.95. The molecule has 0 saturated carbocycles. The molecule has 0 spiro atoms. The lowest BCUT2D eigenvalue weighted by molar-refractivity contribution is -0.145. The maximum Gasteiger partial charge on any atom is 0.385 e. The molecular weight excluding hydrogens is 348 g/mol. The third kappa shape index (κ3) is 7.09. The fourth-order valence-electron chi connectivity index (χ4n) is 0.721. The van der Waals surface area contributed by atoms with E-state index in [1.54, 1.807) is 6.92 Å². The van der Waals surface area contributed by atoms with Crippen molar-refractivity contribution in [3.05, 3.63) is 0 Å². The number of hydrogen-bond donors (Lipinski definition) is 2. The maximum atomic E-state index is 11.9. The van der Waals surface area contributed by atoms with Gasteiger partial charge < -0.3 is 18.6 Å².